The molecule has 0 spiro atoms. The molecule has 0 fully saturated rings. The van der Waals surface area contributed by atoms with Gasteiger partial charge < -0.3 is 14.8 Å². The molecular weight excluding hydrogens is 525 g/mol. The van der Waals surface area contributed by atoms with Crippen molar-refractivity contribution in [3.63, 3.8) is 0 Å². The summed E-state index contributed by atoms with van der Waals surface area (Å²) in [5.41, 5.74) is 7.08. The van der Waals surface area contributed by atoms with Crippen LogP contribution in [0.15, 0.2) is 65.1 Å². The lowest BCUT2D eigenvalue weighted by Gasteiger charge is -2.27. The average molecular weight is 550 g/mol. The summed E-state index contributed by atoms with van der Waals surface area (Å²) in [7, 11) is 0. The summed E-state index contributed by atoms with van der Waals surface area (Å²) in [4.78, 5) is 24.6. The van der Waals surface area contributed by atoms with Gasteiger partial charge in [0.25, 0.3) is 5.91 Å². The molecule has 1 atom stereocenters. The molecule has 6 rings (SSSR count). The molecule has 0 saturated heterocycles. The number of nitrogens with one attached hydrogen (secondary N) is 2. The van der Waals surface area contributed by atoms with Crippen LogP contribution < -0.4 is 5.32 Å². The van der Waals surface area contributed by atoms with Crippen LogP contribution in [0.2, 0.25) is 0 Å². The van der Waals surface area contributed by atoms with Crippen LogP contribution >= 0.6 is 0 Å². The number of benzene rings is 3. The monoisotopic (exact) mass is 549 g/mol. The van der Waals surface area contributed by atoms with E-state index in [-0.39, 0.29) is 29.1 Å². The van der Waals surface area contributed by atoms with Gasteiger partial charge in [0.1, 0.15) is 5.82 Å². The van der Waals surface area contributed by atoms with Gasteiger partial charge in [-0.1, -0.05) is 23.8 Å². The lowest BCUT2D eigenvalue weighted by atomic mass is 9.87. The minimum Gasteiger partial charge on any atom is -0.478 e. The third-order valence-corrected chi connectivity index (χ3v) is 7.08. The Kier molecular flexibility index (Phi) is 6.50. The first-order valence-corrected chi connectivity index (χ1v) is 12.9. The SMILES string of the molecule is Cc1cc(C)c2c(c1)C(=O)NC(c1[nH]nc(/C=C/c3nnc(-c4ccc(F)cc4)o3)c1-c1ccc(C(=O)O)cc1)C2. The number of fused-ring (bicyclic) bond motifs is 1. The summed E-state index contributed by atoms with van der Waals surface area (Å²) in [5.74, 6) is -1.10. The Bertz CT molecular complexity index is 1820. The fourth-order valence-electron chi connectivity index (χ4n) is 5.12. The van der Waals surface area contributed by atoms with Crippen LogP contribution in [-0.4, -0.2) is 37.4 Å². The van der Waals surface area contributed by atoms with E-state index in [1.165, 1.54) is 24.3 Å². The highest BCUT2D eigenvalue weighted by molar-refractivity contribution is 5.98. The standard InChI is InChI=1S/C31H24FN5O4/c1-16-13-17(2)22-15-25(33-29(38)23(22)14-16)28-27(18-3-5-20(6-4-18)31(39)40)24(34-36-28)11-12-26-35-37-30(41-26)19-7-9-21(32)10-8-19/h3-14,25H,15H2,1-2H3,(H,33,38)(H,34,36)(H,39,40)/b12-11+. The number of hydrogen-bond donors (Lipinski definition) is 3. The minimum absolute atomic E-state index is 0.154. The molecule has 5 aromatic rings. The summed E-state index contributed by atoms with van der Waals surface area (Å²) >= 11 is 0. The first-order valence-electron chi connectivity index (χ1n) is 12.9. The van der Waals surface area contributed by atoms with Crippen LogP contribution in [-0.2, 0) is 6.42 Å². The van der Waals surface area contributed by atoms with Crippen LogP contribution in [0.25, 0.3) is 34.7 Å². The zero-order chi connectivity index (χ0) is 28.7. The number of aromatic nitrogens is 4. The number of carbonyl (C=O) groups is 2. The number of nitrogens with zero attached hydrogens (tertiary/aromatic N) is 3. The van der Waals surface area contributed by atoms with E-state index in [9.17, 15) is 19.1 Å². The van der Waals surface area contributed by atoms with Crippen molar-refractivity contribution in [1.29, 1.82) is 0 Å². The maximum absolute atomic E-state index is 13.3. The average Bonchev–Trinajstić information content (AvgIpc) is 3.60. The molecule has 3 heterocycles. The number of carboxylic acid groups (broad SMARTS) is 1. The fourth-order valence-corrected chi connectivity index (χ4v) is 5.12. The highest BCUT2D eigenvalue weighted by Gasteiger charge is 2.30. The van der Waals surface area contributed by atoms with Crippen molar-refractivity contribution in [2.45, 2.75) is 26.3 Å². The Morgan fingerprint density at radius 2 is 1.76 bits per heavy atom. The van der Waals surface area contributed by atoms with E-state index in [0.29, 0.717) is 34.5 Å². The van der Waals surface area contributed by atoms with Crippen molar-refractivity contribution in [1.82, 2.24) is 25.7 Å². The van der Waals surface area contributed by atoms with Gasteiger partial charge in [-0.2, -0.15) is 5.10 Å². The molecule has 1 aliphatic heterocycles. The first-order chi connectivity index (χ1) is 19.8. The molecule has 0 saturated carbocycles. The second-order valence-corrected chi connectivity index (χ2v) is 9.90. The van der Waals surface area contributed by atoms with Crippen LogP contribution in [0, 0.1) is 19.7 Å². The molecule has 10 heteroatoms. The number of carbonyl (C=O) groups excluding carboxylic acids is 1. The van der Waals surface area contributed by atoms with Gasteiger partial charge in [0.05, 0.1) is 23.0 Å². The summed E-state index contributed by atoms with van der Waals surface area (Å²) < 4.78 is 19.0. The largest absolute Gasteiger partial charge is 0.478 e. The predicted octanol–water partition coefficient (Wildman–Crippen LogP) is 5.78. The zero-order valence-electron chi connectivity index (χ0n) is 22.1. The van der Waals surface area contributed by atoms with Crippen molar-refractivity contribution in [2.24, 2.45) is 0 Å². The highest BCUT2D eigenvalue weighted by atomic mass is 19.1. The van der Waals surface area contributed by atoms with Gasteiger partial charge in [0, 0.05) is 22.8 Å². The number of amides is 1. The zero-order valence-corrected chi connectivity index (χ0v) is 22.1. The third-order valence-electron chi connectivity index (χ3n) is 7.08. The fraction of sp³-hybridized carbons (Fsp3) is 0.129. The van der Waals surface area contributed by atoms with Crippen LogP contribution in [0.4, 0.5) is 4.39 Å². The summed E-state index contributed by atoms with van der Waals surface area (Å²) in [5, 5.41) is 28.2. The number of aryl methyl sites for hydroxylation is 2. The molecule has 0 bridgehead atoms. The topological polar surface area (TPSA) is 134 Å². The van der Waals surface area contributed by atoms with Crippen molar-refractivity contribution in [2.75, 3.05) is 0 Å². The number of rotatable bonds is 6. The molecule has 1 amide bonds. The lowest BCUT2D eigenvalue weighted by molar-refractivity contribution is 0.0696. The third kappa shape index (κ3) is 5.03. The second-order valence-electron chi connectivity index (χ2n) is 9.90. The smallest absolute Gasteiger partial charge is 0.335 e. The second kappa shape index (κ2) is 10.3. The normalized spacial score (nSPS) is 14.7. The molecule has 9 nitrogen and oxygen atoms in total. The van der Waals surface area contributed by atoms with E-state index in [2.05, 4.69) is 31.8 Å². The number of H-pyrrole nitrogens is 1. The Morgan fingerprint density at radius 1 is 1.02 bits per heavy atom. The van der Waals surface area contributed by atoms with Gasteiger partial charge in [-0.25, -0.2) is 9.18 Å². The van der Waals surface area contributed by atoms with E-state index in [0.717, 1.165) is 22.3 Å². The van der Waals surface area contributed by atoms with Gasteiger partial charge >= 0.3 is 5.97 Å². The van der Waals surface area contributed by atoms with Gasteiger partial charge in [-0.05, 0) is 85.5 Å². The summed E-state index contributed by atoms with van der Waals surface area (Å²) in [6.07, 6.45) is 3.87. The molecule has 0 aliphatic carbocycles. The maximum atomic E-state index is 13.3. The molecule has 3 aromatic carbocycles. The Hall–Kier alpha value is -5.38. The lowest BCUT2D eigenvalue weighted by Crippen LogP contribution is -2.36. The number of carboxylic acids is 1. The molecule has 1 unspecified atom stereocenters. The highest BCUT2D eigenvalue weighted by Crippen LogP contribution is 2.36. The van der Waals surface area contributed by atoms with E-state index in [1.54, 1.807) is 36.4 Å². The number of halogens is 1. The maximum Gasteiger partial charge on any atom is 0.335 e. The molecular formula is C31H24FN5O4. The van der Waals surface area contributed by atoms with Crippen LogP contribution in [0.3, 0.4) is 0 Å². The molecule has 3 N–H and O–H groups in total. The number of aromatic amines is 1. The van der Waals surface area contributed by atoms with Crippen molar-refractivity contribution in [3.05, 3.63) is 112 Å². The van der Waals surface area contributed by atoms with Crippen LogP contribution in [0.5, 0.6) is 0 Å². The Labute approximate surface area is 233 Å². The van der Waals surface area contributed by atoms with Gasteiger partial charge in [0.15, 0.2) is 0 Å². The molecule has 0 radical (unpaired) electrons. The molecule has 2 aromatic heterocycles. The number of aromatic carboxylic acids is 1. The summed E-state index contributed by atoms with van der Waals surface area (Å²) in [6.45, 7) is 3.96. The predicted molar refractivity (Wildman–Crippen MR) is 149 cm³/mol. The van der Waals surface area contributed by atoms with Crippen molar-refractivity contribution >= 4 is 24.0 Å². The van der Waals surface area contributed by atoms with E-state index < -0.39 is 12.0 Å². The van der Waals surface area contributed by atoms with Gasteiger partial charge in [0.2, 0.25) is 11.8 Å². The minimum atomic E-state index is -1.03. The summed E-state index contributed by atoms with van der Waals surface area (Å²) in [6, 6.07) is 15.8. The van der Waals surface area contributed by atoms with Gasteiger partial charge in [-0.3, -0.25) is 9.89 Å². The Morgan fingerprint density at radius 3 is 2.49 bits per heavy atom. The quantitative estimate of drug-likeness (QED) is 0.244. The van der Waals surface area contributed by atoms with E-state index >= 15 is 0 Å². The first kappa shape index (κ1) is 25.9. The molecule has 1 aliphatic rings. The van der Waals surface area contributed by atoms with E-state index in [4.69, 9.17) is 4.42 Å². The van der Waals surface area contributed by atoms with Crippen molar-refractivity contribution in [3.8, 4) is 22.6 Å². The molecule has 204 valence electrons. The van der Waals surface area contributed by atoms with Crippen LogP contribution in [0.1, 0.15) is 60.7 Å². The molecule has 41 heavy (non-hydrogen) atoms. The van der Waals surface area contributed by atoms with Gasteiger partial charge in [-0.15, -0.1) is 10.2 Å². The van der Waals surface area contributed by atoms with Crippen molar-refractivity contribution < 1.29 is 23.5 Å². The number of hydrogen-bond acceptors (Lipinski definition) is 6. The van der Waals surface area contributed by atoms with E-state index in [1.807, 2.05) is 19.9 Å². The Balaban J connectivity index is 1.38.